The van der Waals surface area contributed by atoms with E-state index in [4.69, 9.17) is 0 Å². The summed E-state index contributed by atoms with van der Waals surface area (Å²) >= 11 is 0. The third-order valence-electron chi connectivity index (χ3n) is 4.10. The maximum absolute atomic E-state index is 13.6. The average Bonchev–Trinajstić information content (AvgIpc) is 2.31. The van der Waals surface area contributed by atoms with Gasteiger partial charge in [-0.15, -0.1) is 0 Å². The van der Waals surface area contributed by atoms with Gasteiger partial charge in [-0.05, 0) is 61.4 Å². The highest BCUT2D eigenvalue weighted by Gasteiger charge is 2.36. The Labute approximate surface area is 122 Å². The van der Waals surface area contributed by atoms with Crippen LogP contribution in [-0.2, 0) is 6.18 Å². The monoisotopic (exact) mass is 303 g/mol. The quantitative estimate of drug-likeness (QED) is 0.785. The summed E-state index contributed by atoms with van der Waals surface area (Å²) in [6, 6.07) is 3.34. The van der Waals surface area contributed by atoms with Gasteiger partial charge in [-0.1, -0.05) is 19.9 Å². The smallest absolute Gasteiger partial charge is 0.316 e. The first-order valence-electron chi connectivity index (χ1n) is 7.36. The molecule has 5 heteroatoms. The van der Waals surface area contributed by atoms with Gasteiger partial charge in [0.25, 0.3) is 0 Å². The van der Waals surface area contributed by atoms with Gasteiger partial charge in [0.1, 0.15) is 5.82 Å². The van der Waals surface area contributed by atoms with Crippen LogP contribution in [0.5, 0.6) is 0 Å². The SMILES string of the molecule is CC(C)CNCC1CCC1c1ccc(C(F)(F)F)c(F)c1. The molecule has 0 heterocycles. The van der Waals surface area contributed by atoms with E-state index in [-0.39, 0.29) is 5.92 Å². The van der Waals surface area contributed by atoms with Crippen LogP contribution in [-0.4, -0.2) is 13.1 Å². The first-order valence-corrected chi connectivity index (χ1v) is 7.36. The first kappa shape index (κ1) is 16.3. The second-order valence-electron chi connectivity index (χ2n) is 6.23. The average molecular weight is 303 g/mol. The van der Waals surface area contributed by atoms with Crippen molar-refractivity contribution in [1.82, 2.24) is 5.32 Å². The van der Waals surface area contributed by atoms with Crippen molar-refractivity contribution in [1.29, 1.82) is 0 Å². The lowest BCUT2D eigenvalue weighted by molar-refractivity contribution is -0.140. The fourth-order valence-electron chi connectivity index (χ4n) is 2.80. The molecule has 0 spiro atoms. The fraction of sp³-hybridized carbons (Fsp3) is 0.625. The Bertz CT molecular complexity index is 482. The molecule has 1 aliphatic carbocycles. The molecule has 2 rings (SSSR count). The van der Waals surface area contributed by atoms with E-state index < -0.39 is 17.6 Å². The van der Waals surface area contributed by atoms with Gasteiger partial charge >= 0.3 is 6.18 Å². The Morgan fingerprint density at radius 2 is 1.95 bits per heavy atom. The van der Waals surface area contributed by atoms with Crippen molar-refractivity contribution in [3.63, 3.8) is 0 Å². The molecule has 2 atom stereocenters. The van der Waals surface area contributed by atoms with Gasteiger partial charge in [-0.3, -0.25) is 0 Å². The topological polar surface area (TPSA) is 12.0 Å². The van der Waals surface area contributed by atoms with Crippen LogP contribution in [0.4, 0.5) is 17.6 Å². The summed E-state index contributed by atoms with van der Waals surface area (Å²) in [5.41, 5.74) is -0.497. The van der Waals surface area contributed by atoms with Crippen LogP contribution in [0, 0.1) is 17.7 Å². The highest BCUT2D eigenvalue weighted by atomic mass is 19.4. The highest BCUT2D eigenvalue weighted by molar-refractivity contribution is 5.30. The van der Waals surface area contributed by atoms with E-state index in [1.807, 2.05) is 0 Å². The second-order valence-corrected chi connectivity index (χ2v) is 6.23. The standard InChI is InChI=1S/C16H21F4N/c1-10(2)8-21-9-12-3-5-13(12)11-4-6-14(15(17)7-11)16(18,19)20/h4,6-7,10,12-13,21H,3,5,8-9H2,1-2H3. The van der Waals surface area contributed by atoms with Gasteiger partial charge in [0, 0.05) is 0 Å². The summed E-state index contributed by atoms with van der Waals surface area (Å²) in [6.45, 7) is 6.00. The molecule has 1 aromatic carbocycles. The molecule has 1 nitrogen and oxygen atoms in total. The van der Waals surface area contributed by atoms with Crippen LogP contribution in [0.25, 0.3) is 0 Å². The van der Waals surface area contributed by atoms with Crippen molar-refractivity contribution in [3.05, 3.63) is 35.1 Å². The lowest BCUT2D eigenvalue weighted by Gasteiger charge is -2.37. The van der Waals surface area contributed by atoms with Crippen LogP contribution >= 0.6 is 0 Å². The van der Waals surface area contributed by atoms with E-state index >= 15 is 0 Å². The maximum Gasteiger partial charge on any atom is 0.419 e. The van der Waals surface area contributed by atoms with Gasteiger partial charge in [0.2, 0.25) is 0 Å². The normalized spacial score (nSPS) is 22.4. The van der Waals surface area contributed by atoms with E-state index in [2.05, 4.69) is 19.2 Å². The van der Waals surface area contributed by atoms with Crippen LogP contribution in [0.1, 0.15) is 43.7 Å². The highest BCUT2D eigenvalue weighted by Crippen LogP contribution is 2.43. The molecule has 0 amide bonds. The van der Waals surface area contributed by atoms with Crippen molar-refractivity contribution in [2.75, 3.05) is 13.1 Å². The third kappa shape index (κ3) is 3.96. The van der Waals surface area contributed by atoms with Gasteiger partial charge < -0.3 is 5.32 Å². The number of benzene rings is 1. The van der Waals surface area contributed by atoms with E-state index in [1.165, 1.54) is 6.07 Å². The minimum absolute atomic E-state index is 0.168. The van der Waals surface area contributed by atoms with Crippen molar-refractivity contribution in [2.24, 2.45) is 11.8 Å². The zero-order valence-electron chi connectivity index (χ0n) is 12.3. The number of hydrogen-bond donors (Lipinski definition) is 1. The molecular formula is C16H21F4N. The molecule has 0 aromatic heterocycles. The molecule has 0 bridgehead atoms. The van der Waals surface area contributed by atoms with E-state index in [0.717, 1.165) is 38.1 Å². The lowest BCUT2D eigenvalue weighted by atomic mass is 9.70. The van der Waals surface area contributed by atoms with E-state index in [1.54, 1.807) is 0 Å². The van der Waals surface area contributed by atoms with Gasteiger partial charge in [0.05, 0.1) is 5.56 Å². The molecule has 1 aromatic rings. The Balaban J connectivity index is 2.01. The summed E-state index contributed by atoms with van der Waals surface area (Å²) < 4.78 is 51.3. The van der Waals surface area contributed by atoms with Crippen LogP contribution in [0.2, 0.25) is 0 Å². The number of halogens is 4. The summed E-state index contributed by atoms with van der Waals surface area (Å²) in [5.74, 6) is -0.0471. The Morgan fingerprint density at radius 1 is 1.24 bits per heavy atom. The number of nitrogens with one attached hydrogen (secondary N) is 1. The summed E-state index contributed by atoms with van der Waals surface area (Å²) in [7, 11) is 0. The van der Waals surface area contributed by atoms with Gasteiger partial charge in [0.15, 0.2) is 0 Å². The molecule has 0 aliphatic heterocycles. The molecule has 1 aliphatic rings. The zero-order valence-corrected chi connectivity index (χ0v) is 12.3. The number of alkyl halides is 3. The number of hydrogen-bond acceptors (Lipinski definition) is 1. The summed E-state index contributed by atoms with van der Waals surface area (Å²) in [5, 5.41) is 3.36. The molecule has 2 unspecified atom stereocenters. The summed E-state index contributed by atoms with van der Waals surface area (Å²) in [4.78, 5) is 0. The zero-order chi connectivity index (χ0) is 15.6. The van der Waals surface area contributed by atoms with E-state index in [0.29, 0.717) is 17.4 Å². The van der Waals surface area contributed by atoms with Crippen molar-refractivity contribution in [2.45, 2.75) is 38.8 Å². The Hall–Kier alpha value is -1.10. The first-order chi connectivity index (χ1) is 9.79. The van der Waals surface area contributed by atoms with Crippen LogP contribution in [0.15, 0.2) is 18.2 Å². The summed E-state index contributed by atoms with van der Waals surface area (Å²) in [6.07, 6.45) is -2.67. The number of rotatable bonds is 5. The fourth-order valence-corrected chi connectivity index (χ4v) is 2.80. The third-order valence-corrected chi connectivity index (χ3v) is 4.10. The molecule has 0 radical (unpaired) electrons. The minimum Gasteiger partial charge on any atom is -0.316 e. The Morgan fingerprint density at radius 3 is 2.43 bits per heavy atom. The van der Waals surface area contributed by atoms with E-state index in [9.17, 15) is 17.6 Å². The molecular weight excluding hydrogens is 282 g/mol. The van der Waals surface area contributed by atoms with Crippen molar-refractivity contribution >= 4 is 0 Å². The largest absolute Gasteiger partial charge is 0.419 e. The van der Waals surface area contributed by atoms with Crippen molar-refractivity contribution in [3.8, 4) is 0 Å². The second kappa shape index (κ2) is 6.34. The molecule has 1 saturated carbocycles. The predicted molar refractivity (Wildman–Crippen MR) is 74.6 cm³/mol. The minimum atomic E-state index is -4.62. The van der Waals surface area contributed by atoms with Gasteiger partial charge in [-0.2, -0.15) is 13.2 Å². The molecule has 1 N–H and O–H groups in total. The maximum atomic E-state index is 13.6. The molecule has 1 fully saturated rings. The lowest BCUT2D eigenvalue weighted by Crippen LogP contribution is -2.35. The molecule has 21 heavy (non-hydrogen) atoms. The molecule has 0 saturated heterocycles. The molecule has 118 valence electrons. The predicted octanol–water partition coefficient (Wildman–Crippen LogP) is 4.58. The van der Waals surface area contributed by atoms with Crippen molar-refractivity contribution < 1.29 is 17.6 Å². The van der Waals surface area contributed by atoms with Crippen LogP contribution < -0.4 is 5.32 Å². The van der Waals surface area contributed by atoms with Crippen LogP contribution in [0.3, 0.4) is 0 Å². The van der Waals surface area contributed by atoms with Gasteiger partial charge in [-0.25, -0.2) is 4.39 Å². The Kier molecular flexibility index (Phi) is 4.91.